The molecule has 0 aliphatic heterocycles. The van der Waals surface area contributed by atoms with E-state index >= 15 is 0 Å². The van der Waals surface area contributed by atoms with E-state index in [9.17, 15) is 13.6 Å². The van der Waals surface area contributed by atoms with Crippen LogP contribution in [0.4, 0.5) is 14.5 Å². The number of benzene rings is 1. The van der Waals surface area contributed by atoms with Gasteiger partial charge in [-0.2, -0.15) is 4.99 Å². The summed E-state index contributed by atoms with van der Waals surface area (Å²) in [6.07, 6.45) is 0.998. The first-order chi connectivity index (χ1) is 5.65. The number of nitrogens with zero attached hydrogens (tertiary/aromatic N) is 1. The van der Waals surface area contributed by atoms with Crippen LogP contribution in [0, 0.1) is 11.6 Å². The summed E-state index contributed by atoms with van der Waals surface area (Å²) in [5.74, 6) is -2.76. The predicted molar refractivity (Wildman–Crippen MR) is 35.8 cm³/mol. The molecular weight excluding hydrogens is 168 g/mol. The number of hydrogen-bond donors (Lipinski definition) is 1. The first-order valence-electron chi connectivity index (χ1n) is 2.91. The van der Waals surface area contributed by atoms with Crippen molar-refractivity contribution in [3.05, 3.63) is 23.8 Å². The van der Waals surface area contributed by atoms with E-state index in [4.69, 9.17) is 5.11 Å². The van der Waals surface area contributed by atoms with Gasteiger partial charge in [0.2, 0.25) is 6.08 Å². The van der Waals surface area contributed by atoms with E-state index in [1.165, 1.54) is 0 Å². The topological polar surface area (TPSA) is 49.7 Å². The first-order valence-corrected chi connectivity index (χ1v) is 2.91. The van der Waals surface area contributed by atoms with Gasteiger partial charge in [0.15, 0.2) is 11.6 Å². The van der Waals surface area contributed by atoms with E-state index in [0.29, 0.717) is 12.1 Å². The number of carbonyl (C=O) groups excluding carboxylic acids is 1. The lowest BCUT2D eigenvalue weighted by atomic mass is 10.3. The predicted octanol–water partition coefficient (Wildman–Crippen LogP) is 1.64. The van der Waals surface area contributed by atoms with Gasteiger partial charge < -0.3 is 5.11 Å². The summed E-state index contributed by atoms with van der Waals surface area (Å²) in [7, 11) is 0. The average Bonchev–Trinajstić information content (AvgIpc) is 1.96. The number of isocyanates is 1. The quantitative estimate of drug-likeness (QED) is 0.515. The number of aliphatic imine (C=N–C) groups is 1. The highest BCUT2D eigenvalue weighted by atomic mass is 19.1. The molecule has 1 aromatic rings. The second kappa shape index (κ2) is 3.11. The Morgan fingerprint density at radius 2 is 1.83 bits per heavy atom. The third kappa shape index (κ3) is 1.46. The molecule has 0 fully saturated rings. The standard InChI is InChI=1S/C7H3F2NO2/c8-5-1-4(12)2-6(9)7(5)10-3-11/h1-2,12H. The van der Waals surface area contributed by atoms with Crippen LogP contribution >= 0.6 is 0 Å². The lowest BCUT2D eigenvalue weighted by molar-refractivity contribution is 0.461. The molecule has 0 aromatic heterocycles. The van der Waals surface area contributed by atoms with Gasteiger partial charge in [-0.3, -0.25) is 0 Å². The van der Waals surface area contributed by atoms with E-state index in [1.54, 1.807) is 0 Å². The van der Waals surface area contributed by atoms with Gasteiger partial charge in [-0.1, -0.05) is 0 Å². The van der Waals surface area contributed by atoms with Gasteiger partial charge in [-0.15, -0.1) is 0 Å². The minimum Gasteiger partial charge on any atom is -0.508 e. The number of phenols is 1. The molecule has 1 aromatic carbocycles. The summed E-state index contributed by atoms with van der Waals surface area (Å²) in [6, 6.07) is 1.30. The maximum Gasteiger partial charge on any atom is 0.240 e. The number of phenolic OH excluding ortho intramolecular Hbond substituents is 1. The van der Waals surface area contributed by atoms with Crippen LogP contribution in [0.5, 0.6) is 5.75 Å². The fourth-order valence-corrected chi connectivity index (χ4v) is 0.705. The SMILES string of the molecule is O=C=Nc1c(F)cc(O)cc1F. The minimum atomic E-state index is -1.10. The third-order valence-corrected chi connectivity index (χ3v) is 1.16. The van der Waals surface area contributed by atoms with Crippen molar-refractivity contribution in [1.29, 1.82) is 0 Å². The molecule has 0 saturated carbocycles. The Balaban J connectivity index is 3.37. The Morgan fingerprint density at radius 1 is 1.33 bits per heavy atom. The highest BCUT2D eigenvalue weighted by Crippen LogP contribution is 2.25. The summed E-state index contributed by atoms with van der Waals surface area (Å²) in [5.41, 5.74) is -0.747. The summed E-state index contributed by atoms with van der Waals surface area (Å²) >= 11 is 0. The van der Waals surface area contributed by atoms with E-state index in [1.807, 2.05) is 0 Å². The highest BCUT2D eigenvalue weighted by Gasteiger charge is 2.09. The molecule has 0 aliphatic carbocycles. The lowest BCUT2D eigenvalue weighted by Gasteiger charge is -1.96. The Labute approximate surface area is 66.0 Å². The van der Waals surface area contributed by atoms with Crippen LogP contribution in [-0.2, 0) is 4.79 Å². The van der Waals surface area contributed by atoms with Gasteiger partial charge in [0.05, 0.1) is 0 Å². The summed E-state index contributed by atoms with van der Waals surface area (Å²) in [4.78, 5) is 12.5. The molecule has 62 valence electrons. The van der Waals surface area contributed by atoms with Gasteiger partial charge in [-0.25, -0.2) is 13.6 Å². The van der Waals surface area contributed by atoms with Crippen molar-refractivity contribution in [3.63, 3.8) is 0 Å². The molecule has 3 nitrogen and oxygen atoms in total. The fraction of sp³-hybridized carbons (Fsp3) is 0. The zero-order valence-electron chi connectivity index (χ0n) is 5.71. The van der Waals surface area contributed by atoms with Crippen molar-refractivity contribution in [3.8, 4) is 5.75 Å². The van der Waals surface area contributed by atoms with Crippen molar-refractivity contribution in [1.82, 2.24) is 0 Å². The van der Waals surface area contributed by atoms with Crippen molar-refractivity contribution in [2.24, 2.45) is 4.99 Å². The maximum atomic E-state index is 12.6. The first kappa shape index (κ1) is 8.36. The normalized spacial score (nSPS) is 9.17. The smallest absolute Gasteiger partial charge is 0.240 e. The monoisotopic (exact) mass is 171 g/mol. The van der Waals surface area contributed by atoms with Crippen LogP contribution in [0.25, 0.3) is 0 Å². The van der Waals surface area contributed by atoms with Crippen LogP contribution < -0.4 is 0 Å². The number of hydrogen-bond acceptors (Lipinski definition) is 3. The Hall–Kier alpha value is -1.74. The van der Waals surface area contributed by atoms with Crippen LogP contribution in [0.1, 0.15) is 0 Å². The third-order valence-electron chi connectivity index (χ3n) is 1.16. The Bertz CT molecular complexity index is 335. The summed E-state index contributed by atoms with van der Waals surface area (Å²) in [6.45, 7) is 0. The molecule has 0 aliphatic rings. The number of halogens is 2. The van der Waals surface area contributed by atoms with Crippen LogP contribution in [0.2, 0.25) is 0 Å². The van der Waals surface area contributed by atoms with Gasteiger partial charge in [-0.05, 0) is 0 Å². The summed E-state index contributed by atoms with van der Waals surface area (Å²) < 4.78 is 25.3. The molecular formula is C7H3F2NO2. The maximum absolute atomic E-state index is 12.6. The molecule has 1 N–H and O–H groups in total. The zero-order chi connectivity index (χ0) is 9.14. The fourth-order valence-electron chi connectivity index (χ4n) is 0.705. The van der Waals surface area contributed by atoms with Gasteiger partial charge in [0.1, 0.15) is 11.4 Å². The van der Waals surface area contributed by atoms with Crippen LogP contribution in [0.3, 0.4) is 0 Å². The molecule has 0 amide bonds. The van der Waals surface area contributed by atoms with Gasteiger partial charge in [0, 0.05) is 12.1 Å². The molecule has 1 rings (SSSR count). The second-order valence-corrected chi connectivity index (χ2v) is 1.96. The molecule has 0 atom stereocenters. The van der Waals surface area contributed by atoms with Crippen LogP contribution in [0.15, 0.2) is 17.1 Å². The second-order valence-electron chi connectivity index (χ2n) is 1.96. The highest BCUT2D eigenvalue weighted by molar-refractivity contribution is 5.52. The molecule has 12 heavy (non-hydrogen) atoms. The average molecular weight is 171 g/mol. The molecule has 5 heteroatoms. The van der Waals surface area contributed by atoms with Crippen molar-refractivity contribution in [2.45, 2.75) is 0 Å². The molecule has 0 saturated heterocycles. The molecule has 0 unspecified atom stereocenters. The zero-order valence-corrected chi connectivity index (χ0v) is 5.71. The van der Waals surface area contributed by atoms with Crippen molar-refractivity contribution >= 4 is 11.8 Å². The lowest BCUT2D eigenvalue weighted by Crippen LogP contribution is -1.81. The van der Waals surface area contributed by atoms with Gasteiger partial charge in [0.25, 0.3) is 0 Å². The molecule has 0 radical (unpaired) electrons. The Morgan fingerprint density at radius 3 is 2.25 bits per heavy atom. The minimum absolute atomic E-state index is 0.560. The molecule has 0 bridgehead atoms. The largest absolute Gasteiger partial charge is 0.508 e. The summed E-state index contributed by atoms with van der Waals surface area (Å²) in [5, 5.41) is 8.67. The number of aromatic hydroxyl groups is 1. The number of rotatable bonds is 1. The van der Waals surface area contributed by atoms with Crippen molar-refractivity contribution < 1.29 is 18.7 Å². The molecule has 0 spiro atoms. The van der Waals surface area contributed by atoms with E-state index in [2.05, 4.69) is 4.99 Å². The van der Waals surface area contributed by atoms with E-state index in [0.717, 1.165) is 6.08 Å². The van der Waals surface area contributed by atoms with Crippen LogP contribution in [-0.4, -0.2) is 11.2 Å². The van der Waals surface area contributed by atoms with Gasteiger partial charge >= 0.3 is 0 Å². The van der Waals surface area contributed by atoms with E-state index in [-0.39, 0.29) is 0 Å². The Kier molecular flexibility index (Phi) is 2.16. The molecule has 0 heterocycles. The van der Waals surface area contributed by atoms with E-state index < -0.39 is 23.1 Å². The van der Waals surface area contributed by atoms with Crippen molar-refractivity contribution in [2.75, 3.05) is 0 Å².